The Morgan fingerprint density at radius 2 is 1.40 bits per heavy atom. The second kappa shape index (κ2) is 10.5. The van der Waals surface area contributed by atoms with Crippen LogP contribution in [0, 0.1) is 0 Å². The summed E-state index contributed by atoms with van der Waals surface area (Å²) < 4.78 is 4.50. The number of hydrogen-bond acceptors (Lipinski definition) is 1. The first-order chi connectivity index (χ1) is 7.35. The van der Waals surface area contributed by atoms with Crippen molar-refractivity contribution in [3.63, 3.8) is 0 Å². The Hall–Kier alpha value is -1.60. The fourth-order valence-electron chi connectivity index (χ4n) is 0.589. The highest BCUT2D eigenvalue weighted by molar-refractivity contribution is 5.45. The van der Waals surface area contributed by atoms with Gasteiger partial charge in [-0.1, -0.05) is 68.3 Å². The van der Waals surface area contributed by atoms with Crippen LogP contribution in [0.3, 0.4) is 0 Å². The van der Waals surface area contributed by atoms with Gasteiger partial charge in [-0.05, 0) is 5.56 Å². The predicted octanol–water partition coefficient (Wildman–Crippen LogP) is 3.70. The molecule has 0 bridgehead atoms. The van der Waals surface area contributed by atoms with Crippen LogP contribution in [0.1, 0.15) is 5.56 Å². The van der Waals surface area contributed by atoms with Crippen molar-refractivity contribution in [3.8, 4) is 0 Å². The number of benzene rings is 1. The normalized spacial score (nSPS) is 10.7. The minimum absolute atomic E-state index is 1.00. The van der Waals surface area contributed by atoms with Gasteiger partial charge in [-0.15, -0.1) is 0 Å². The second-order valence-corrected chi connectivity index (χ2v) is 2.70. The van der Waals surface area contributed by atoms with Crippen LogP contribution in [0.15, 0.2) is 62.2 Å². The lowest BCUT2D eigenvalue weighted by atomic mass is 10.2. The minimum atomic E-state index is 1.00. The molecule has 1 heterocycles. The van der Waals surface area contributed by atoms with Crippen LogP contribution in [-0.2, 0) is 4.74 Å². The van der Waals surface area contributed by atoms with Crippen LogP contribution in [0.2, 0.25) is 0 Å². The molecule has 0 atom stereocenters. The standard InChI is InChI=1S/C8H8.C4H6.C2H4O/c1-2-8-6-4-3-5-7-8;1-3-4-2;1-2-3-1/h2-7H,1H2;3-4H,1-2H2;1-2H2. The molecular weight excluding hydrogens is 184 g/mol. The molecule has 1 aromatic carbocycles. The summed E-state index contributed by atoms with van der Waals surface area (Å²) in [5, 5.41) is 0. The number of epoxide rings is 1. The fourth-order valence-corrected chi connectivity index (χ4v) is 0.589. The second-order valence-electron chi connectivity index (χ2n) is 2.70. The van der Waals surface area contributed by atoms with Crippen LogP contribution in [0.4, 0.5) is 0 Å². The Bertz CT molecular complexity index is 264. The summed E-state index contributed by atoms with van der Waals surface area (Å²) in [7, 11) is 0. The van der Waals surface area contributed by atoms with Gasteiger partial charge in [-0.25, -0.2) is 0 Å². The van der Waals surface area contributed by atoms with Gasteiger partial charge in [0.2, 0.25) is 0 Å². The van der Waals surface area contributed by atoms with Gasteiger partial charge in [0.05, 0.1) is 13.2 Å². The Morgan fingerprint density at radius 3 is 1.60 bits per heavy atom. The molecule has 1 aliphatic heterocycles. The van der Waals surface area contributed by atoms with Crippen LogP contribution in [0.5, 0.6) is 0 Å². The van der Waals surface area contributed by atoms with Gasteiger partial charge in [-0.2, -0.15) is 0 Å². The molecule has 0 radical (unpaired) electrons. The number of allylic oxidation sites excluding steroid dienone is 2. The summed E-state index contributed by atoms with van der Waals surface area (Å²) in [5.41, 5.74) is 1.17. The zero-order chi connectivity index (χ0) is 11.4. The van der Waals surface area contributed by atoms with Gasteiger partial charge >= 0.3 is 0 Å². The predicted molar refractivity (Wildman–Crippen MR) is 67.7 cm³/mol. The van der Waals surface area contributed by atoms with E-state index in [-0.39, 0.29) is 0 Å². The maximum atomic E-state index is 4.50. The largest absolute Gasteiger partial charge is 0.377 e. The van der Waals surface area contributed by atoms with E-state index in [1.54, 1.807) is 12.2 Å². The molecular formula is C14H18O. The van der Waals surface area contributed by atoms with Crippen molar-refractivity contribution in [2.45, 2.75) is 0 Å². The molecule has 1 nitrogen and oxygen atoms in total. The number of ether oxygens (including phenoxy) is 1. The van der Waals surface area contributed by atoms with E-state index < -0.39 is 0 Å². The van der Waals surface area contributed by atoms with Gasteiger partial charge in [0, 0.05) is 0 Å². The molecule has 2 rings (SSSR count). The number of rotatable bonds is 2. The summed E-state index contributed by atoms with van der Waals surface area (Å²) >= 11 is 0. The third-order valence-electron chi connectivity index (χ3n) is 1.41. The minimum Gasteiger partial charge on any atom is -0.377 e. The third kappa shape index (κ3) is 12.4. The first kappa shape index (κ1) is 13.4. The van der Waals surface area contributed by atoms with E-state index >= 15 is 0 Å². The van der Waals surface area contributed by atoms with Crippen molar-refractivity contribution >= 4 is 6.08 Å². The molecule has 0 saturated carbocycles. The lowest BCUT2D eigenvalue weighted by molar-refractivity contribution is 0.475. The summed E-state index contributed by atoms with van der Waals surface area (Å²) in [6.07, 6.45) is 5.11. The number of hydrogen-bond donors (Lipinski definition) is 0. The molecule has 0 aliphatic carbocycles. The highest BCUT2D eigenvalue weighted by Crippen LogP contribution is 1.97. The zero-order valence-electron chi connectivity index (χ0n) is 9.06. The average molecular weight is 202 g/mol. The maximum Gasteiger partial charge on any atom is 0.0701 e. The lowest BCUT2D eigenvalue weighted by Crippen LogP contribution is -1.63. The van der Waals surface area contributed by atoms with E-state index in [0.717, 1.165) is 13.2 Å². The first-order valence-electron chi connectivity index (χ1n) is 4.83. The van der Waals surface area contributed by atoms with Gasteiger partial charge in [0.25, 0.3) is 0 Å². The molecule has 1 aromatic rings. The Balaban J connectivity index is 0.000000233. The smallest absolute Gasteiger partial charge is 0.0701 e. The SMILES string of the molecule is C1CO1.C=CC=C.C=Cc1ccccc1. The molecule has 15 heavy (non-hydrogen) atoms. The van der Waals surface area contributed by atoms with Crippen LogP contribution < -0.4 is 0 Å². The van der Waals surface area contributed by atoms with Gasteiger partial charge in [0.1, 0.15) is 0 Å². The fraction of sp³-hybridized carbons (Fsp3) is 0.143. The molecule has 1 aliphatic rings. The zero-order valence-corrected chi connectivity index (χ0v) is 9.06. The summed E-state index contributed by atoms with van der Waals surface area (Å²) in [6, 6.07) is 10.0. The van der Waals surface area contributed by atoms with Gasteiger partial charge in [-0.3, -0.25) is 0 Å². The van der Waals surface area contributed by atoms with Crippen molar-refractivity contribution in [2.75, 3.05) is 13.2 Å². The summed E-state index contributed by atoms with van der Waals surface area (Å²) in [4.78, 5) is 0. The van der Waals surface area contributed by atoms with Crippen LogP contribution in [0.25, 0.3) is 6.08 Å². The molecule has 0 amide bonds. The third-order valence-corrected chi connectivity index (χ3v) is 1.41. The van der Waals surface area contributed by atoms with Crippen molar-refractivity contribution in [1.82, 2.24) is 0 Å². The summed E-state index contributed by atoms with van der Waals surface area (Å²) in [5.74, 6) is 0. The van der Waals surface area contributed by atoms with Crippen molar-refractivity contribution < 1.29 is 4.74 Å². The van der Waals surface area contributed by atoms with Gasteiger partial charge in [0.15, 0.2) is 0 Å². The highest BCUT2D eigenvalue weighted by Gasteiger charge is 1.94. The van der Waals surface area contributed by atoms with E-state index in [9.17, 15) is 0 Å². The van der Waals surface area contributed by atoms with E-state index in [1.165, 1.54) is 5.56 Å². The van der Waals surface area contributed by atoms with E-state index in [4.69, 9.17) is 0 Å². The van der Waals surface area contributed by atoms with Crippen LogP contribution >= 0.6 is 0 Å². The Kier molecular flexibility index (Phi) is 9.36. The monoisotopic (exact) mass is 202 g/mol. The molecule has 1 fully saturated rings. The Labute approximate surface area is 92.4 Å². The quantitative estimate of drug-likeness (QED) is 0.526. The summed E-state index contributed by atoms with van der Waals surface area (Å²) in [6.45, 7) is 12.4. The van der Waals surface area contributed by atoms with E-state index in [2.05, 4.69) is 24.5 Å². The molecule has 0 unspecified atom stereocenters. The first-order valence-corrected chi connectivity index (χ1v) is 4.83. The van der Waals surface area contributed by atoms with Crippen LogP contribution in [-0.4, -0.2) is 13.2 Å². The average Bonchev–Trinajstić information content (AvgIpc) is 3.18. The molecule has 1 heteroatoms. The van der Waals surface area contributed by atoms with Gasteiger partial charge < -0.3 is 4.74 Å². The molecule has 0 N–H and O–H groups in total. The molecule has 0 spiro atoms. The molecule has 0 aromatic heterocycles. The lowest BCUT2D eigenvalue weighted by Gasteiger charge is -1.85. The van der Waals surface area contributed by atoms with Crippen molar-refractivity contribution in [3.05, 3.63) is 67.8 Å². The topological polar surface area (TPSA) is 12.5 Å². The van der Waals surface area contributed by atoms with E-state index in [0.29, 0.717) is 0 Å². The molecule has 1 saturated heterocycles. The Morgan fingerprint density at radius 1 is 0.933 bits per heavy atom. The molecule has 80 valence electrons. The van der Waals surface area contributed by atoms with Crippen molar-refractivity contribution in [2.24, 2.45) is 0 Å². The maximum absolute atomic E-state index is 4.50. The van der Waals surface area contributed by atoms with E-state index in [1.807, 2.05) is 36.4 Å². The van der Waals surface area contributed by atoms with Crippen molar-refractivity contribution in [1.29, 1.82) is 0 Å². The highest BCUT2D eigenvalue weighted by atomic mass is 16.6.